The molecule has 1 fully saturated rings. The molecule has 0 atom stereocenters. The van der Waals surface area contributed by atoms with Gasteiger partial charge in [-0.15, -0.1) is 11.3 Å². The summed E-state index contributed by atoms with van der Waals surface area (Å²) in [6.45, 7) is 4.79. The van der Waals surface area contributed by atoms with Crippen LogP contribution in [-0.2, 0) is 9.53 Å². The van der Waals surface area contributed by atoms with Gasteiger partial charge >= 0.3 is 0 Å². The van der Waals surface area contributed by atoms with Crippen LogP contribution in [0.2, 0.25) is 0 Å². The number of halogens is 1. The van der Waals surface area contributed by atoms with Crippen LogP contribution >= 0.6 is 27.3 Å². The second-order valence-electron chi connectivity index (χ2n) is 6.41. The fourth-order valence-corrected chi connectivity index (χ4v) is 3.72. The molecule has 28 heavy (non-hydrogen) atoms. The van der Waals surface area contributed by atoms with Gasteiger partial charge in [-0.05, 0) is 35.2 Å². The minimum Gasteiger partial charge on any atom is -0.370 e. The third-order valence-corrected chi connectivity index (χ3v) is 5.78. The number of amides is 2. The number of morpholine rings is 1. The summed E-state index contributed by atoms with van der Waals surface area (Å²) in [5, 5.41) is 7.51. The molecule has 1 aliphatic heterocycles. The summed E-state index contributed by atoms with van der Waals surface area (Å²) in [7, 11) is 0. The van der Waals surface area contributed by atoms with E-state index in [0.29, 0.717) is 11.4 Å². The van der Waals surface area contributed by atoms with Gasteiger partial charge in [-0.3, -0.25) is 9.59 Å². The van der Waals surface area contributed by atoms with Crippen molar-refractivity contribution in [2.24, 2.45) is 0 Å². The summed E-state index contributed by atoms with van der Waals surface area (Å²) in [4.78, 5) is 27.1. The number of nitrogens with one attached hydrogen (secondary N) is 3. The first-order chi connectivity index (χ1) is 13.6. The van der Waals surface area contributed by atoms with Crippen molar-refractivity contribution >= 4 is 45.2 Å². The Balaban J connectivity index is 1.66. The van der Waals surface area contributed by atoms with E-state index in [1.807, 2.05) is 35.7 Å². The van der Waals surface area contributed by atoms with E-state index in [4.69, 9.17) is 4.74 Å². The van der Waals surface area contributed by atoms with Gasteiger partial charge in [0.15, 0.2) is 0 Å². The van der Waals surface area contributed by atoms with Crippen LogP contribution in [0.25, 0.3) is 6.08 Å². The Hall–Kier alpha value is -2.00. The fourth-order valence-electron chi connectivity index (χ4n) is 2.83. The molecule has 0 aliphatic carbocycles. The molecule has 0 bridgehead atoms. The summed E-state index contributed by atoms with van der Waals surface area (Å²) in [6.07, 6.45) is 1.69. The first-order valence-electron chi connectivity index (χ1n) is 9.13. The molecule has 0 spiro atoms. The molecule has 3 N–H and O–H groups in total. The lowest BCUT2D eigenvalue weighted by atomic mass is 10.2. The number of hydrogen-bond acceptors (Lipinski definition) is 4. The Morgan fingerprint density at radius 3 is 2.61 bits per heavy atom. The smallest absolute Gasteiger partial charge is 0.268 e. The normalized spacial score (nSPS) is 15.2. The molecule has 0 unspecified atom stereocenters. The number of benzene rings is 1. The number of thiophene rings is 1. The van der Waals surface area contributed by atoms with E-state index in [0.717, 1.165) is 42.9 Å². The molecule has 0 saturated carbocycles. The molecule has 2 aromatic rings. The van der Waals surface area contributed by atoms with Crippen LogP contribution in [0, 0.1) is 0 Å². The zero-order valence-corrected chi connectivity index (χ0v) is 17.8. The quantitative estimate of drug-likeness (QED) is 0.541. The van der Waals surface area contributed by atoms with E-state index in [-0.39, 0.29) is 17.5 Å². The molecule has 0 radical (unpaired) electrons. The Labute approximate surface area is 176 Å². The number of ether oxygens (including phenoxy) is 1. The van der Waals surface area contributed by atoms with Gasteiger partial charge in [0.05, 0.1) is 31.2 Å². The van der Waals surface area contributed by atoms with Crippen LogP contribution < -0.4 is 15.5 Å². The predicted molar refractivity (Wildman–Crippen MR) is 113 cm³/mol. The van der Waals surface area contributed by atoms with Crippen LogP contribution in [0.4, 0.5) is 0 Å². The van der Waals surface area contributed by atoms with Crippen molar-refractivity contribution in [3.63, 3.8) is 0 Å². The summed E-state index contributed by atoms with van der Waals surface area (Å²) in [5.74, 6) is -0.576. The molecule has 148 valence electrons. The molecule has 1 saturated heterocycles. The van der Waals surface area contributed by atoms with Gasteiger partial charge in [-0.25, -0.2) is 0 Å². The molecule has 6 nitrogen and oxygen atoms in total. The average molecular weight is 465 g/mol. The highest BCUT2D eigenvalue weighted by molar-refractivity contribution is 9.10. The summed E-state index contributed by atoms with van der Waals surface area (Å²) in [6, 6.07) is 11.1. The van der Waals surface area contributed by atoms with Crippen LogP contribution in [-0.4, -0.2) is 51.2 Å². The van der Waals surface area contributed by atoms with E-state index >= 15 is 0 Å². The number of carbonyl (C=O) groups is 2. The molecular formula is C20H23BrN3O3S+. The number of hydrogen-bond donors (Lipinski definition) is 3. The van der Waals surface area contributed by atoms with Crippen molar-refractivity contribution in [1.29, 1.82) is 0 Å². The van der Waals surface area contributed by atoms with Gasteiger partial charge in [-0.2, -0.15) is 0 Å². The first-order valence-corrected chi connectivity index (χ1v) is 10.8. The van der Waals surface area contributed by atoms with E-state index < -0.39 is 0 Å². The maximum Gasteiger partial charge on any atom is 0.268 e. The van der Waals surface area contributed by atoms with Crippen molar-refractivity contribution in [3.05, 3.63) is 62.4 Å². The third kappa shape index (κ3) is 6.27. The van der Waals surface area contributed by atoms with Crippen LogP contribution in [0.5, 0.6) is 0 Å². The van der Waals surface area contributed by atoms with E-state index in [1.165, 1.54) is 16.2 Å². The highest BCUT2D eigenvalue weighted by Crippen LogP contribution is 2.14. The number of rotatable bonds is 7. The van der Waals surface area contributed by atoms with Crippen molar-refractivity contribution < 1.29 is 19.2 Å². The summed E-state index contributed by atoms with van der Waals surface area (Å²) < 4.78 is 6.30. The molecule has 1 aromatic heterocycles. The minimum absolute atomic E-state index is 0.234. The maximum atomic E-state index is 12.7. The zero-order chi connectivity index (χ0) is 19.8. The van der Waals surface area contributed by atoms with Crippen molar-refractivity contribution in [3.8, 4) is 0 Å². The number of quaternary nitrogens is 1. The summed E-state index contributed by atoms with van der Waals surface area (Å²) >= 11 is 4.74. The molecule has 3 rings (SSSR count). The topological polar surface area (TPSA) is 71.9 Å². The highest BCUT2D eigenvalue weighted by atomic mass is 79.9. The standard InChI is InChI=1S/C20H22BrN3O3S/c21-16-5-3-15(4-6-16)14-17(23-20(26)18-2-1-13-28-18)19(25)22-7-8-24-9-11-27-12-10-24/h1-6,13-14H,7-12H2,(H,22,25)(H,23,26)/p+1/b17-14+. The van der Waals surface area contributed by atoms with Gasteiger partial charge in [-0.1, -0.05) is 34.1 Å². The largest absolute Gasteiger partial charge is 0.370 e. The monoisotopic (exact) mass is 464 g/mol. The van der Waals surface area contributed by atoms with Crippen LogP contribution in [0.1, 0.15) is 15.2 Å². The highest BCUT2D eigenvalue weighted by Gasteiger charge is 2.17. The Morgan fingerprint density at radius 1 is 1.18 bits per heavy atom. The van der Waals surface area contributed by atoms with E-state index in [1.54, 1.807) is 12.1 Å². The van der Waals surface area contributed by atoms with Gasteiger partial charge in [0, 0.05) is 4.47 Å². The SMILES string of the molecule is O=C(NCC[NH+]1CCOCC1)/C(=C\c1ccc(Br)cc1)NC(=O)c1cccs1. The van der Waals surface area contributed by atoms with Crippen LogP contribution in [0.15, 0.2) is 51.9 Å². The predicted octanol–water partition coefficient (Wildman–Crippen LogP) is 1.31. The fraction of sp³-hybridized carbons (Fsp3) is 0.300. The van der Waals surface area contributed by atoms with Gasteiger partial charge in [0.1, 0.15) is 18.8 Å². The minimum atomic E-state index is -0.291. The van der Waals surface area contributed by atoms with E-state index in [9.17, 15) is 9.59 Å². The van der Waals surface area contributed by atoms with Crippen LogP contribution in [0.3, 0.4) is 0 Å². The second-order valence-corrected chi connectivity index (χ2v) is 8.27. The molecule has 1 aromatic carbocycles. The number of carbonyl (C=O) groups excluding carboxylic acids is 2. The van der Waals surface area contributed by atoms with Crippen molar-refractivity contribution in [2.75, 3.05) is 39.4 Å². The Kier molecular flexibility index (Phi) is 7.79. The lowest BCUT2D eigenvalue weighted by Crippen LogP contribution is -3.14. The van der Waals surface area contributed by atoms with Crippen molar-refractivity contribution in [1.82, 2.24) is 10.6 Å². The molecule has 1 aliphatic rings. The summed E-state index contributed by atoms with van der Waals surface area (Å²) in [5.41, 5.74) is 1.07. The lowest BCUT2D eigenvalue weighted by Gasteiger charge is -2.23. The zero-order valence-electron chi connectivity index (χ0n) is 15.4. The molecule has 2 amide bonds. The lowest BCUT2D eigenvalue weighted by molar-refractivity contribution is -0.906. The Morgan fingerprint density at radius 2 is 1.93 bits per heavy atom. The second kappa shape index (κ2) is 10.5. The van der Waals surface area contributed by atoms with Gasteiger partial charge in [0.25, 0.3) is 11.8 Å². The molecular weight excluding hydrogens is 442 g/mol. The first kappa shape index (κ1) is 20.7. The average Bonchev–Trinajstić information content (AvgIpc) is 3.25. The Bertz CT molecular complexity index is 816. The third-order valence-electron chi connectivity index (χ3n) is 4.38. The van der Waals surface area contributed by atoms with Gasteiger partial charge in [0.2, 0.25) is 0 Å². The maximum absolute atomic E-state index is 12.7. The molecule has 8 heteroatoms. The van der Waals surface area contributed by atoms with E-state index in [2.05, 4.69) is 26.6 Å². The molecule has 2 heterocycles. The van der Waals surface area contributed by atoms with Crippen molar-refractivity contribution in [2.45, 2.75) is 0 Å². The van der Waals surface area contributed by atoms with Gasteiger partial charge < -0.3 is 20.3 Å².